The van der Waals surface area contributed by atoms with Crippen LogP contribution < -0.4 is 20.1 Å². The summed E-state index contributed by atoms with van der Waals surface area (Å²) in [7, 11) is -0.834. The van der Waals surface area contributed by atoms with Crippen molar-refractivity contribution >= 4 is 44.1 Å². The average molecular weight is 747 g/mol. The first-order valence-electron chi connectivity index (χ1n) is 17.9. The first-order chi connectivity index (χ1) is 25.4. The summed E-state index contributed by atoms with van der Waals surface area (Å²) in [5, 5.41) is 17.9. The van der Waals surface area contributed by atoms with Crippen molar-refractivity contribution < 1.29 is 37.3 Å². The van der Waals surface area contributed by atoms with Crippen LogP contribution in [0.1, 0.15) is 50.4 Å². The number of aliphatic hydroxyl groups excluding tert-OH is 1. The van der Waals surface area contributed by atoms with Crippen LogP contribution in [0, 0.1) is 5.92 Å². The second kappa shape index (κ2) is 17.9. The first-order valence-corrected chi connectivity index (χ1v) is 19.4. The lowest BCUT2D eigenvalue weighted by Crippen LogP contribution is -2.48. The maximum atomic E-state index is 14.5. The van der Waals surface area contributed by atoms with Gasteiger partial charge in [0.15, 0.2) is 0 Å². The average Bonchev–Trinajstić information content (AvgIpc) is 3.16. The van der Waals surface area contributed by atoms with Crippen LogP contribution in [-0.4, -0.2) is 93.4 Å². The van der Waals surface area contributed by atoms with Gasteiger partial charge in [-0.25, -0.2) is 13.2 Å². The van der Waals surface area contributed by atoms with E-state index in [2.05, 4.69) is 10.6 Å². The molecule has 0 fully saturated rings. The van der Waals surface area contributed by atoms with Gasteiger partial charge in [0.2, 0.25) is 10.0 Å². The largest absolute Gasteiger partial charge is 0.497 e. The van der Waals surface area contributed by atoms with Crippen LogP contribution in [0.25, 0.3) is 10.8 Å². The number of anilines is 2. The lowest BCUT2D eigenvalue weighted by molar-refractivity contribution is -0.00834. The summed E-state index contributed by atoms with van der Waals surface area (Å²) in [4.78, 5) is 29.4. The van der Waals surface area contributed by atoms with Crippen LogP contribution in [0.15, 0.2) is 89.8 Å². The SMILES string of the molecule is COc1ccc(S(=O)(=O)N(C)C[C@H]2OCCCC[C@H](C)Oc3ccc(NC(=O)Nc4cccc5ccccc45)cc3C(=O)N([C@@H](C)CO)C[C@@H]2C)cc1. The number of carbonyl (C=O) groups is 2. The van der Waals surface area contributed by atoms with Crippen LogP contribution in [0.2, 0.25) is 0 Å². The van der Waals surface area contributed by atoms with E-state index in [4.69, 9.17) is 14.2 Å². The zero-order valence-corrected chi connectivity index (χ0v) is 31.8. The number of nitrogens with zero attached hydrogens (tertiary/aromatic N) is 2. The van der Waals surface area contributed by atoms with Gasteiger partial charge in [-0.3, -0.25) is 4.79 Å². The zero-order chi connectivity index (χ0) is 38.1. The predicted molar refractivity (Wildman–Crippen MR) is 206 cm³/mol. The molecule has 1 heterocycles. The van der Waals surface area contributed by atoms with E-state index in [9.17, 15) is 23.1 Å². The summed E-state index contributed by atoms with van der Waals surface area (Å²) >= 11 is 0. The van der Waals surface area contributed by atoms with E-state index < -0.39 is 34.1 Å². The van der Waals surface area contributed by atoms with E-state index in [0.29, 0.717) is 35.9 Å². The molecule has 4 aromatic rings. The van der Waals surface area contributed by atoms with Crippen molar-refractivity contribution in [2.24, 2.45) is 5.92 Å². The minimum absolute atomic E-state index is 0.0427. The number of ether oxygens (including phenoxy) is 3. The van der Waals surface area contributed by atoms with Gasteiger partial charge >= 0.3 is 6.03 Å². The van der Waals surface area contributed by atoms with Gasteiger partial charge in [0, 0.05) is 43.7 Å². The molecule has 0 unspecified atom stereocenters. The monoisotopic (exact) mass is 746 g/mol. The molecule has 1 aliphatic heterocycles. The summed E-state index contributed by atoms with van der Waals surface area (Å²) in [6.45, 7) is 5.86. The maximum absolute atomic E-state index is 14.5. The Balaban J connectivity index is 1.41. The molecule has 13 heteroatoms. The quantitative estimate of drug-likeness (QED) is 0.174. The molecular formula is C40H50N4O8S. The number of hydrogen-bond donors (Lipinski definition) is 3. The number of likely N-dealkylation sites (N-methyl/N-ethyl adjacent to an activating group) is 1. The van der Waals surface area contributed by atoms with Crippen molar-refractivity contribution in [1.82, 2.24) is 9.21 Å². The van der Waals surface area contributed by atoms with Gasteiger partial charge in [-0.05, 0) is 87.0 Å². The molecule has 0 aliphatic carbocycles. The number of urea groups is 1. The summed E-state index contributed by atoms with van der Waals surface area (Å²) in [6.07, 6.45) is 1.39. The second-order valence-corrected chi connectivity index (χ2v) is 15.6. The number of methoxy groups -OCH3 is 1. The van der Waals surface area contributed by atoms with Gasteiger partial charge in [-0.2, -0.15) is 4.31 Å². The molecule has 0 saturated carbocycles. The van der Waals surface area contributed by atoms with Gasteiger partial charge in [-0.1, -0.05) is 43.3 Å². The van der Waals surface area contributed by atoms with Crippen molar-refractivity contribution in [2.45, 2.75) is 63.2 Å². The molecule has 284 valence electrons. The van der Waals surface area contributed by atoms with Crippen LogP contribution >= 0.6 is 0 Å². The van der Waals surface area contributed by atoms with Crippen LogP contribution in [0.5, 0.6) is 11.5 Å². The molecule has 0 saturated heterocycles. The van der Waals surface area contributed by atoms with Gasteiger partial charge in [0.25, 0.3) is 5.91 Å². The van der Waals surface area contributed by atoms with Crippen LogP contribution in [-0.2, 0) is 14.8 Å². The molecule has 5 rings (SSSR count). The Morgan fingerprint density at radius 2 is 1.75 bits per heavy atom. The Hall–Kier alpha value is -4.69. The number of hydrogen-bond acceptors (Lipinski definition) is 8. The summed E-state index contributed by atoms with van der Waals surface area (Å²) in [5.74, 6) is 0.153. The Morgan fingerprint density at radius 3 is 2.49 bits per heavy atom. The number of amides is 3. The van der Waals surface area contributed by atoms with Gasteiger partial charge in [0.1, 0.15) is 11.5 Å². The summed E-state index contributed by atoms with van der Waals surface area (Å²) < 4.78 is 46.3. The standard InChI is InChI=1S/C40H50N4O8S/c1-27-24-44(28(2)26-45)39(46)35-23-31(41-40(47)42-36-15-10-13-30-12-6-7-14-34(30)36)16-21-37(35)52-29(3)11-8-9-22-51-38(27)25-43(4)53(48,49)33-19-17-32(50-5)18-20-33/h6-7,10,12-21,23,27-29,38,45H,8-9,11,22,24-26H2,1-5H3,(H2,41,42,47)/t27-,28-,29-,38+/m0/s1. The highest BCUT2D eigenvalue weighted by Gasteiger charge is 2.32. The van der Waals surface area contributed by atoms with E-state index in [0.717, 1.165) is 23.6 Å². The molecule has 12 nitrogen and oxygen atoms in total. The Labute approximate surface area is 312 Å². The summed E-state index contributed by atoms with van der Waals surface area (Å²) in [6, 6.07) is 23.5. The molecule has 4 aromatic carbocycles. The third kappa shape index (κ3) is 9.85. The first kappa shape index (κ1) is 39.5. The fraction of sp³-hybridized carbons (Fsp3) is 0.400. The molecule has 0 spiro atoms. The fourth-order valence-corrected chi connectivity index (χ4v) is 7.54. The molecule has 0 bridgehead atoms. The Morgan fingerprint density at radius 1 is 1.02 bits per heavy atom. The van der Waals surface area contributed by atoms with Crippen LogP contribution in [0.4, 0.5) is 16.2 Å². The van der Waals surface area contributed by atoms with Gasteiger partial charge in [0.05, 0.1) is 48.1 Å². The molecule has 53 heavy (non-hydrogen) atoms. The van der Waals surface area contributed by atoms with E-state index in [1.807, 2.05) is 56.3 Å². The maximum Gasteiger partial charge on any atom is 0.323 e. The van der Waals surface area contributed by atoms with Crippen molar-refractivity contribution in [3.63, 3.8) is 0 Å². The molecule has 1 aliphatic rings. The molecule has 0 radical (unpaired) electrons. The predicted octanol–water partition coefficient (Wildman–Crippen LogP) is 6.61. The topological polar surface area (TPSA) is 147 Å². The number of carbonyl (C=O) groups excluding carboxylic acids is 2. The minimum Gasteiger partial charge on any atom is -0.497 e. The molecule has 0 aromatic heterocycles. The van der Waals surface area contributed by atoms with Crippen molar-refractivity contribution in [1.29, 1.82) is 0 Å². The molecule has 3 N–H and O–H groups in total. The highest BCUT2D eigenvalue weighted by Crippen LogP contribution is 2.30. The highest BCUT2D eigenvalue weighted by molar-refractivity contribution is 7.89. The third-order valence-corrected chi connectivity index (χ3v) is 11.4. The third-order valence-electron chi connectivity index (χ3n) is 9.55. The summed E-state index contributed by atoms with van der Waals surface area (Å²) in [5.41, 5.74) is 1.24. The Kier molecular flexibility index (Phi) is 13.3. The van der Waals surface area contributed by atoms with Crippen LogP contribution in [0.3, 0.4) is 0 Å². The number of fused-ring (bicyclic) bond motifs is 2. The number of nitrogens with one attached hydrogen (secondary N) is 2. The molecule has 3 amide bonds. The lowest BCUT2D eigenvalue weighted by atomic mass is 10.0. The highest BCUT2D eigenvalue weighted by atomic mass is 32.2. The van der Waals surface area contributed by atoms with E-state index in [1.54, 1.807) is 42.2 Å². The molecular weight excluding hydrogens is 697 g/mol. The second-order valence-electron chi connectivity index (χ2n) is 13.6. The van der Waals surface area contributed by atoms with Gasteiger partial charge in [-0.15, -0.1) is 0 Å². The smallest absolute Gasteiger partial charge is 0.323 e. The fourth-order valence-electron chi connectivity index (χ4n) is 6.36. The minimum atomic E-state index is -3.87. The van der Waals surface area contributed by atoms with Gasteiger partial charge < -0.3 is 34.9 Å². The number of benzene rings is 4. The van der Waals surface area contributed by atoms with Crippen molar-refractivity contribution in [3.8, 4) is 11.5 Å². The Bertz CT molecular complexity index is 1970. The zero-order valence-electron chi connectivity index (χ0n) is 30.9. The molecule has 4 atom stereocenters. The van der Waals surface area contributed by atoms with Crippen molar-refractivity contribution in [3.05, 3.63) is 90.5 Å². The van der Waals surface area contributed by atoms with E-state index >= 15 is 0 Å². The van der Waals surface area contributed by atoms with Crippen molar-refractivity contribution in [2.75, 3.05) is 51.1 Å². The number of sulfonamides is 1. The number of aliphatic hydroxyl groups is 1. The normalized spacial score (nSPS) is 19.5. The number of rotatable bonds is 9. The lowest BCUT2D eigenvalue weighted by Gasteiger charge is -2.35. The van der Waals surface area contributed by atoms with E-state index in [1.165, 1.54) is 30.6 Å². The van der Waals surface area contributed by atoms with E-state index in [-0.39, 0.29) is 42.2 Å².